The van der Waals surface area contributed by atoms with Crippen molar-refractivity contribution in [3.63, 3.8) is 0 Å². The van der Waals surface area contributed by atoms with Crippen molar-refractivity contribution >= 4 is 16.9 Å². The van der Waals surface area contributed by atoms with Crippen molar-refractivity contribution in [1.29, 1.82) is 0 Å². The Morgan fingerprint density at radius 3 is 2.55 bits per heavy atom. The van der Waals surface area contributed by atoms with Crippen LogP contribution in [-0.4, -0.2) is 15.6 Å². The van der Waals surface area contributed by atoms with Gasteiger partial charge < -0.3 is 14.4 Å². The van der Waals surface area contributed by atoms with Crippen LogP contribution < -0.4 is 4.74 Å². The summed E-state index contributed by atoms with van der Waals surface area (Å²) in [5.41, 5.74) is 1.14. The standard InChI is InChI=1S/C16H13NO3/c1-17-10-14(16(18)19)13-9-12(7-8-15(13)17)20-11-5-3-2-4-6-11/h2-10H,1H3,(H,18,19). The molecule has 0 aliphatic rings. The average molecular weight is 267 g/mol. The molecular weight excluding hydrogens is 254 g/mol. The second-order valence-electron chi connectivity index (χ2n) is 4.55. The maximum atomic E-state index is 11.2. The monoisotopic (exact) mass is 267 g/mol. The lowest BCUT2D eigenvalue weighted by Crippen LogP contribution is -1.94. The van der Waals surface area contributed by atoms with E-state index in [-0.39, 0.29) is 5.56 Å². The Morgan fingerprint density at radius 2 is 1.85 bits per heavy atom. The Hall–Kier alpha value is -2.75. The predicted octanol–water partition coefficient (Wildman–Crippen LogP) is 3.67. The summed E-state index contributed by atoms with van der Waals surface area (Å²) in [4.78, 5) is 11.2. The Balaban J connectivity index is 2.06. The number of hydrogen-bond donors (Lipinski definition) is 1. The zero-order valence-electron chi connectivity index (χ0n) is 10.9. The number of ether oxygens (including phenoxy) is 1. The SMILES string of the molecule is Cn1cc(C(=O)O)c2cc(Oc3ccccc3)ccc21. The van der Waals surface area contributed by atoms with Crippen molar-refractivity contribution in [2.45, 2.75) is 0 Å². The second-order valence-corrected chi connectivity index (χ2v) is 4.55. The first-order valence-electron chi connectivity index (χ1n) is 6.20. The molecule has 2 aromatic carbocycles. The van der Waals surface area contributed by atoms with Crippen LogP contribution >= 0.6 is 0 Å². The zero-order chi connectivity index (χ0) is 14.1. The Kier molecular flexibility index (Phi) is 2.91. The van der Waals surface area contributed by atoms with Crippen LogP contribution in [0.25, 0.3) is 10.9 Å². The first-order chi connectivity index (χ1) is 9.65. The topological polar surface area (TPSA) is 51.5 Å². The second kappa shape index (κ2) is 4.74. The number of hydrogen-bond acceptors (Lipinski definition) is 2. The fraction of sp³-hybridized carbons (Fsp3) is 0.0625. The molecule has 4 nitrogen and oxygen atoms in total. The van der Waals surface area contributed by atoms with Gasteiger partial charge in [-0.2, -0.15) is 0 Å². The number of rotatable bonds is 3. The summed E-state index contributed by atoms with van der Waals surface area (Å²) >= 11 is 0. The number of carboxylic acid groups (broad SMARTS) is 1. The van der Waals surface area contributed by atoms with Gasteiger partial charge in [-0.15, -0.1) is 0 Å². The molecule has 3 aromatic rings. The molecule has 1 N–H and O–H groups in total. The fourth-order valence-electron chi connectivity index (χ4n) is 2.23. The summed E-state index contributed by atoms with van der Waals surface area (Å²) in [6.45, 7) is 0. The molecule has 0 saturated heterocycles. The summed E-state index contributed by atoms with van der Waals surface area (Å²) in [6.07, 6.45) is 1.61. The van der Waals surface area contributed by atoms with Crippen molar-refractivity contribution in [2.24, 2.45) is 7.05 Å². The molecule has 0 unspecified atom stereocenters. The van der Waals surface area contributed by atoms with E-state index < -0.39 is 5.97 Å². The van der Waals surface area contributed by atoms with E-state index in [2.05, 4.69) is 0 Å². The Bertz CT molecular complexity index is 775. The molecule has 0 radical (unpaired) electrons. The van der Waals surface area contributed by atoms with Crippen molar-refractivity contribution in [2.75, 3.05) is 0 Å². The fourth-order valence-corrected chi connectivity index (χ4v) is 2.23. The molecule has 0 spiro atoms. The van der Waals surface area contributed by atoms with E-state index in [1.54, 1.807) is 16.8 Å². The van der Waals surface area contributed by atoms with Gasteiger partial charge in [0.2, 0.25) is 0 Å². The number of aryl methyl sites for hydroxylation is 1. The molecular formula is C16H13NO3. The normalized spacial score (nSPS) is 10.7. The molecule has 0 bridgehead atoms. The van der Waals surface area contributed by atoms with Crippen molar-refractivity contribution < 1.29 is 14.6 Å². The summed E-state index contributed by atoms with van der Waals surface area (Å²) in [7, 11) is 1.83. The predicted molar refractivity (Wildman–Crippen MR) is 76.4 cm³/mol. The van der Waals surface area contributed by atoms with Gasteiger partial charge in [0.05, 0.1) is 5.56 Å². The Labute approximate surface area is 115 Å². The lowest BCUT2D eigenvalue weighted by molar-refractivity contribution is 0.0699. The third-order valence-electron chi connectivity index (χ3n) is 3.17. The molecule has 20 heavy (non-hydrogen) atoms. The molecule has 4 heteroatoms. The van der Waals surface area contributed by atoms with Gasteiger partial charge in [-0.25, -0.2) is 4.79 Å². The maximum Gasteiger partial charge on any atom is 0.337 e. The third kappa shape index (κ3) is 2.12. The molecule has 0 aliphatic carbocycles. The van der Waals surface area contributed by atoms with E-state index in [0.29, 0.717) is 11.1 Å². The number of carbonyl (C=O) groups is 1. The summed E-state index contributed by atoms with van der Waals surface area (Å²) in [5, 5.41) is 9.90. The number of aromatic carboxylic acids is 1. The summed E-state index contributed by atoms with van der Waals surface area (Å²) in [6, 6.07) is 14.8. The molecule has 0 amide bonds. The van der Waals surface area contributed by atoms with Crippen molar-refractivity contribution in [3.05, 3.63) is 60.3 Å². The summed E-state index contributed by atoms with van der Waals surface area (Å²) < 4.78 is 7.52. The van der Waals surface area contributed by atoms with Crippen LogP contribution in [0.3, 0.4) is 0 Å². The molecule has 0 aliphatic heterocycles. The van der Waals surface area contributed by atoms with E-state index in [0.717, 1.165) is 11.3 Å². The quantitative estimate of drug-likeness (QED) is 0.787. The van der Waals surface area contributed by atoms with Crippen LogP contribution in [0, 0.1) is 0 Å². The van der Waals surface area contributed by atoms with Gasteiger partial charge >= 0.3 is 5.97 Å². The number of nitrogens with zero attached hydrogens (tertiary/aromatic N) is 1. The van der Waals surface area contributed by atoms with E-state index in [1.165, 1.54) is 0 Å². The lowest BCUT2D eigenvalue weighted by atomic mass is 10.1. The van der Waals surface area contributed by atoms with Crippen LogP contribution in [0.5, 0.6) is 11.5 Å². The van der Waals surface area contributed by atoms with Crippen LogP contribution in [0.15, 0.2) is 54.7 Å². The zero-order valence-corrected chi connectivity index (χ0v) is 10.9. The minimum atomic E-state index is -0.938. The highest BCUT2D eigenvalue weighted by Crippen LogP contribution is 2.28. The number of para-hydroxylation sites is 1. The highest BCUT2D eigenvalue weighted by Gasteiger charge is 2.13. The minimum absolute atomic E-state index is 0.279. The number of benzene rings is 2. The van der Waals surface area contributed by atoms with E-state index in [1.807, 2.05) is 49.5 Å². The number of carboxylic acids is 1. The van der Waals surface area contributed by atoms with Gasteiger partial charge in [-0.05, 0) is 30.3 Å². The molecule has 1 heterocycles. The van der Waals surface area contributed by atoms with Gasteiger partial charge in [0.1, 0.15) is 11.5 Å². The van der Waals surface area contributed by atoms with E-state index in [4.69, 9.17) is 4.74 Å². The molecule has 0 saturated carbocycles. The average Bonchev–Trinajstić information content (AvgIpc) is 2.77. The smallest absolute Gasteiger partial charge is 0.337 e. The highest BCUT2D eigenvalue weighted by atomic mass is 16.5. The first-order valence-corrected chi connectivity index (χ1v) is 6.20. The van der Waals surface area contributed by atoms with E-state index in [9.17, 15) is 9.90 Å². The van der Waals surface area contributed by atoms with Gasteiger partial charge in [0.25, 0.3) is 0 Å². The van der Waals surface area contributed by atoms with Crippen LogP contribution in [0.1, 0.15) is 10.4 Å². The van der Waals surface area contributed by atoms with Crippen LogP contribution in [-0.2, 0) is 7.05 Å². The maximum absolute atomic E-state index is 11.2. The largest absolute Gasteiger partial charge is 0.478 e. The minimum Gasteiger partial charge on any atom is -0.478 e. The van der Waals surface area contributed by atoms with Crippen LogP contribution in [0.2, 0.25) is 0 Å². The van der Waals surface area contributed by atoms with Gasteiger partial charge in [0, 0.05) is 24.1 Å². The van der Waals surface area contributed by atoms with Gasteiger partial charge in [0.15, 0.2) is 0 Å². The molecule has 0 atom stereocenters. The highest BCUT2D eigenvalue weighted by molar-refractivity contribution is 6.03. The Morgan fingerprint density at radius 1 is 1.10 bits per heavy atom. The number of fused-ring (bicyclic) bond motifs is 1. The molecule has 3 rings (SSSR count). The van der Waals surface area contributed by atoms with Gasteiger partial charge in [-0.1, -0.05) is 18.2 Å². The van der Waals surface area contributed by atoms with E-state index >= 15 is 0 Å². The molecule has 0 fully saturated rings. The first kappa shape index (κ1) is 12.3. The lowest BCUT2D eigenvalue weighted by Gasteiger charge is -2.06. The van der Waals surface area contributed by atoms with Crippen molar-refractivity contribution in [1.82, 2.24) is 4.57 Å². The van der Waals surface area contributed by atoms with Crippen LogP contribution in [0.4, 0.5) is 0 Å². The van der Waals surface area contributed by atoms with Crippen molar-refractivity contribution in [3.8, 4) is 11.5 Å². The molecule has 100 valence electrons. The van der Waals surface area contributed by atoms with Gasteiger partial charge in [-0.3, -0.25) is 0 Å². The summed E-state index contributed by atoms with van der Waals surface area (Å²) in [5.74, 6) is 0.407. The molecule has 1 aromatic heterocycles. The third-order valence-corrected chi connectivity index (χ3v) is 3.17. The number of aromatic nitrogens is 1.